The highest BCUT2D eigenvalue weighted by atomic mass is 16.3. The van der Waals surface area contributed by atoms with Gasteiger partial charge in [0.2, 0.25) is 5.91 Å². The van der Waals surface area contributed by atoms with E-state index in [4.69, 9.17) is 0 Å². The highest BCUT2D eigenvalue weighted by Crippen LogP contribution is 2.21. The summed E-state index contributed by atoms with van der Waals surface area (Å²) in [6.45, 7) is 2.69. The Morgan fingerprint density at radius 1 is 1.20 bits per heavy atom. The van der Waals surface area contributed by atoms with E-state index < -0.39 is 0 Å². The third-order valence-corrected chi connectivity index (χ3v) is 4.57. The van der Waals surface area contributed by atoms with E-state index >= 15 is 0 Å². The summed E-state index contributed by atoms with van der Waals surface area (Å²) in [6, 6.07) is 16.2. The van der Waals surface area contributed by atoms with Crippen LogP contribution in [0.15, 0.2) is 54.7 Å². The smallest absolute Gasteiger partial charge is 0.224 e. The summed E-state index contributed by atoms with van der Waals surface area (Å²) in [4.78, 5) is 15.6. The van der Waals surface area contributed by atoms with Crippen molar-refractivity contribution in [2.45, 2.75) is 25.7 Å². The first-order valence-electron chi connectivity index (χ1n) is 8.66. The van der Waals surface area contributed by atoms with E-state index in [1.807, 2.05) is 36.5 Å². The van der Waals surface area contributed by atoms with Crippen LogP contribution in [0, 0.1) is 6.92 Å². The second-order valence-electron chi connectivity index (χ2n) is 6.46. The van der Waals surface area contributed by atoms with Gasteiger partial charge in [-0.2, -0.15) is 0 Å². The van der Waals surface area contributed by atoms with Crippen LogP contribution >= 0.6 is 0 Å². The zero-order valence-corrected chi connectivity index (χ0v) is 14.5. The van der Waals surface area contributed by atoms with Crippen molar-refractivity contribution in [3.8, 4) is 0 Å². The van der Waals surface area contributed by atoms with Gasteiger partial charge in [0.1, 0.15) is 0 Å². The molecule has 0 bridgehead atoms. The lowest BCUT2D eigenvalue weighted by Gasteiger charge is -2.17. The Bertz CT molecular complexity index is 839. The SMILES string of the molecule is Cc1ccc2c(CC(=O)NCC(CCO)c3ccccc3)c[nH]c2c1. The topological polar surface area (TPSA) is 65.1 Å². The number of aromatic amines is 1. The number of hydrogen-bond acceptors (Lipinski definition) is 2. The first-order chi connectivity index (χ1) is 12.2. The molecule has 1 heterocycles. The quantitative estimate of drug-likeness (QED) is 0.620. The molecule has 1 atom stereocenters. The van der Waals surface area contributed by atoms with Crippen LogP contribution in [0.25, 0.3) is 10.9 Å². The number of aliphatic hydroxyl groups excluding tert-OH is 1. The van der Waals surface area contributed by atoms with Crippen molar-refractivity contribution in [1.29, 1.82) is 0 Å². The Balaban J connectivity index is 1.63. The standard InChI is InChI=1S/C21H24N2O2/c1-15-7-8-19-18(14-22-20(19)11-15)12-21(25)23-13-17(9-10-24)16-5-3-2-4-6-16/h2-8,11,14,17,22,24H,9-10,12-13H2,1H3,(H,23,25). The zero-order chi connectivity index (χ0) is 17.6. The Kier molecular flexibility index (Phi) is 5.51. The van der Waals surface area contributed by atoms with Crippen LogP contribution in [0.4, 0.5) is 0 Å². The van der Waals surface area contributed by atoms with E-state index in [9.17, 15) is 9.90 Å². The fourth-order valence-electron chi connectivity index (χ4n) is 3.19. The van der Waals surface area contributed by atoms with Crippen LogP contribution in [0.3, 0.4) is 0 Å². The maximum atomic E-state index is 12.4. The summed E-state index contributed by atoms with van der Waals surface area (Å²) in [5.74, 6) is 0.126. The number of carbonyl (C=O) groups excluding carboxylic acids is 1. The molecule has 0 fully saturated rings. The number of rotatable bonds is 7. The van der Waals surface area contributed by atoms with Gasteiger partial charge in [-0.05, 0) is 36.1 Å². The van der Waals surface area contributed by atoms with E-state index in [-0.39, 0.29) is 18.4 Å². The molecule has 4 heteroatoms. The minimum atomic E-state index is 0.000320. The number of aryl methyl sites for hydroxylation is 1. The molecular weight excluding hydrogens is 312 g/mol. The number of carbonyl (C=O) groups is 1. The van der Waals surface area contributed by atoms with Crippen molar-refractivity contribution in [3.05, 3.63) is 71.4 Å². The molecule has 0 saturated carbocycles. The number of amides is 1. The second kappa shape index (κ2) is 7.99. The van der Waals surface area contributed by atoms with Crippen molar-refractivity contribution in [3.63, 3.8) is 0 Å². The van der Waals surface area contributed by atoms with Gasteiger partial charge in [-0.25, -0.2) is 0 Å². The lowest BCUT2D eigenvalue weighted by Crippen LogP contribution is -2.30. The predicted molar refractivity (Wildman–Crippen MR) is 101 cm³/mol. The van der Waals surface area contributed by atoms with Gasteiger partial charge in [-0.3, -0.25) is 4.79 Å². The summed E-state index contributed by atoms with van der Waals surface area (Å²) < 4.78 is 0. The van der Waals surface area contributed by atoms with Crippen LogP contribution < -0.4 is 5.32 Å². The normalized spacial score (nSPS) is 12.2. The average Bonchev–Trinajstić information content (AvgIpc) is 3.01. The largest absolute Gasteiger partial charge is 0.396 e. The second-order valence-corrected chi connectivity index (χ2v) is 6.46. The number of fused-ring (bicyclic) bond motifs is 1. The Hall–Kier alpha value is -2.59. The highest BCUT2D eigenvalue weighted by Gasteiger charge is 2.14. The van der Waals surface area contributed by atoms with Gasteiger partial charge in [-0.1, -0.05) is 42.5 Å². The van der Waals surface area contributed by atoms with Crippen molar-refractivity contribution in [2.75, 3.05) is 13.2 Å². The molecule has 1 amide bonds. The molecule has 0 saturated heterocycles. The molecule has 25 heavy (non-hydrogen) atoms. The summed E-state index contributed by atoms with van der Waals surface area (Å²) in [5, 5.41) is 13.4. The lowest BCUT2D eigenvalue weighted by molar-refractivity contribution is -0.120. The molecule has 0 radical (unpaired) electrons. The van der Waals surface area contributed by atoms with Crippen LogP contribution in [0.2, 0.25) is 0 Å². The van der Waals surface area contributed by atoms with Crippen LogP contribution in [-0.2, 0) is 11.2 Å². The molecule has 0 aliphatic heterocycles. The summed E-state index contributed by atoms with van der Waals surface area (Å²) >= 11 is 0. The van der Waals surface area contributed by atoms with E-state index in [2.05, 4.69) is 35.4 Å². The summed E-state index contributed by atoms with van der Waals surface area (Å²) in [5.41, 5.74) is 4.40. The van der Waals surface area contributed by atoms with E-state index in [0.29, 0.717) is 19.4 Å². The van der Waals surface area contributed by atoms with Crippen molar-refractivity contribution >= 4 is 16.8 Å². The third-order valence-electron chi connectivity index (χ3n) is 4.57. The van der Waals surface area contributed by atoms with E-state index in [1.165, 1.54) is 5.56 Å². The molecule has 0 spiro atoms. The van der Waals surface area contributed by atoms with Gasteiger partial charge in [0.05, 0.1) is 6.42 Å². The zero-order valence-electron chi connectivity index (χ0n) is 14.5. The Labute approximate surface area is 147 Å². The van der Waals surface area contributed by atoms with Crippen molar-refractivity contribution < 1.29 is 9.90 Å². The molecule has 3 N–H and O–H groups in total. The predicted octanol–water partition coefficient (Wildman–Crippen LogP) is 3.30. The fraction of sp³-hybridized carbons (Fsp3) is 0.286. The molecule has 3 aromatic rings. The number of aliphatic hydroxyl groups is 1. The molecular formula is C21H24N2O2. The Morgan fingerprint density at radius 2 is 2.00 bits per heavy atom. The molecule has 1 aromatic heterocycles. The van der Waals surface area contributed by atoms with Crippen LogP contribution in [0.1, 0.15) is 29.0 Å². The van der Waals surface area contributed by atoms with Gasteiger partial charge in [-0.15, -0.1) is 0 Å². The molecule has 2 aromatic carbocycles. The van der Waals surface area contributed by atoms with E-state index in [1.54, 1.807) is 0 Å². The number of nitrogens with one attached hydrogen (secondary N) is 2. The van der Waals surface area contributed by atoms with Gasteiger partial charge < -0.3 is 15.4 Å². The Morgan fingerprint density at radius 3 is 2.76 bits per heavy atom. The minimum absolute atomic E-state index is 0.000320. The summed E-state index contributed by atoms with van der Waals surface area (Å²) in [7, 11) is 0. The monoisotopic (exact) mass is 336 g/mol. The third kappa shape index (κ3) is 4.28. The number of H-pyrrole nitrogens is 1. The minimum Gasteiger partial charge on any atom is -0.396 e. The van der Waals surface area contributed by atoms with Crippen LogP contribution in [-0.4, -0.2) is 29.1 Å². The number of hydrogen-bond donors (Lipinski definition) is 3. The van der Waals surface area contributed by atoms with Crippen molar-refractivity contribution in [2.24, 2.45) is 0 Å². The van der Waals surface area contributed by atoms with Gasteiger partial charge in [0.25, 0.3) is 0 Å². The maximum absolute atomic E-state index is 12.4. The lowest BCUT2D eigenvalue weighted by atomic mass is 9.96. The first-order valence-corrected chi connectivity index (χ1v) is 8.66. The molecule has 0 aliphatic rings. The molecule has 1 unspecified atom stereocenters. The molecule has 0 aliphatic carbocycles. The molecule has 3 rings (SSSR count). The van der Waals surface area contributed by atoms with Gasteiger partial charge >= 0.3 is 0 Å². The van der Waals surface area contributed by atoms with Gasteiger partial charge in [0.15, 0.2) is 0 Å². The maximum Gasteiger partial charge on any atom is 0.224 e. The van der Waals surface area contributed by atoms with Crippen LogP contribution in [0.5, 0.6) is 0 Å². The summed E-state index contributed by atoms with van der Waals surface area (Å²) in [6.07, 6.45) is 2.90. The average molecular weight is 336 g/mol. The van der Waals surface area contributed by atoms with E-state index in [0.717, 1.165) is 22.0 Å². The molecule has 4 nitrogen and oxygen atoms in total. The fourth-order valence-corrected chi connectivity index (χ4v) is 3.19. The van der Waals surface area contributed by atoms with Crippen molar-refractivity contribution in [1.82, 2.24) is 10.3 Å². The molecule has 130 valence electrons. The van der Waals surface area contributed by atoms with Gasteiger partial charge in [0, 0.05) is 36.2 Å². The number of benzene rings is 2. The highest BCUT2D eigenvalue weighted by molar-refractivity contribution is 5.89. The first kappa shape index (κ1) is 17.2. The number of aromatic nitrogens is 1.